The predicted octanol–water partition coefficient (Wildman–Crippen LogP) is 2.41. The number of carbonyl (C=O) groups is 1. The summed E-state index contributed by atoms with van der Waals surface area (Å²) in [7, 11) is 0. The quantitative estimate of drug-likeness (QED) is 0.784. The number of rotatable bonds is 1. The highest BCUT2D eigenvalue weighted by Gasteiger charge is 1.97. The van der Waals surface area contributed by atoms with Gasteiger partial charge in [0.1, 0.15) is 12.2 Å². The first-order valence-electron chi connectivity index (χ1n) is 3.75. The summed E-state index contributed by atoms with van der Waals surface area (Å²) in [4.78, 5) is 10.1. The molecule has 14 heavy (non-hydrogen) atoms. The van der Waals surface area contributed by atoms with Crippen LogP contribution in [0.3, 0.4) is 0 Å². The Bertz CT molecular complexity index is 418. The third-order valence-electron chi connectivity index (χ3n) is 1.39. The Kier molecular flexibility index (Phi) is 3.66. The summed E-state index contributed by atoms with van der Waals surface area (Å²) in [6.45, 7) is 0. The fourth-order valence-corrected chi connectivity index (χ4v) is 1.04. The Morgan fingerprint density at radius 1 is 1.57 bits per heavy atom. The molecule has 2 nitrogen and oxygen atoms in total. The van der Waals surface area contributed by atoms with E-state index >= 15 is 0 Å². The molecule has 0 amide bonds. The maximum absolute atomic E-state index is 12.9. The molecule has 1 rings (SSSR count). The second-order valence-corrected chi connectivity index (χ2v) is 3.36. The van der Waals surface area contributed by atoms with Crippen LogP contribution in [0, 0.1) is 17.7 Å². The van der Waals surface area contributed by atoms with Crippen LogP contribution in [0.25, 0.3) is 0 Å². The van der Waals surface area contributed by atoms with Crippen LogP contribution in [0.2, 0.25) is 0 Å². The topological polar surface area (TPSA) is 37.3 Å². The lowest BCUT2D eigenvalue weighted by Crippen LogP contribution is -1.90. The van der Waals surface area contributed by atoms with E-state index in [1.54, 1.807) is 6.07 Å². The van der Waals surface area contributed by atoms with E-state index in [1.807, 2.05) is 0 Å². The molecule has 0 atom stereocenters. The number of hydrogen-bond acceptors (Lipinski definition) is 1. The molecule has 0 saturated carbocycles. The minimum atomic E-state index is -0.991. The lowest BCUT2D eigenvalue weighted by atomic mass is 10.2. The highest BCUT2D eigenvalue weighted by Crippen LogP contribution is 2.15. The molecular weight excluding hydrogens is 251 g/mol. The number of benzene rings is 1. The molecule has 0 unspecified atom stereocenters. The minimum Gasteiger partial charge on any atom is -0.481 e. The van der Waals surface area contributed by atoms with Crippen LogP contribution in [0.15, 0.2) is 22.7 Å². The van der Waals surface area contributed by atoms with Gasteiger partial charge in [0, 0.05) is 5.56 Å². The summed E-state index contributed by atoms with van der Waals surface area (Å²) in [5, 5.41) is 8.31. The van der Waals surface area contributed by atoms with E-state index in [9.17, 15) is 9.18 Å². The van der Waals surface area contributed by atoms with Crippen molar-refractivity contribution in [1.82, 2.24) is 0 Å². The van der Waals surface area contributed by atoms with Gasteiger partial charge in [-0.05, 0) is 34.1 Å². The van der Waals surface area contributed by atoms with Crippen molar-refractivity contribution in [3.05, 3.63) is 34.1 Å². The largest absolute Gasteiger partial charge is 0.481 e. The van der Waals surface area contributed by atoms with Crippen LogP contribution >= 0.6 is 15.9 Å². The van der Waals surface area contributed by atoms with Crippen LogP contribution in [-0.2, 0) is 4.79 Å². The number of carboxylic acids is 1. The summed E-state index contributed by atoms with van der Waals surface area (Å²) in [6, 6.07) is 4.39. The smallest absolute Gasteiger partial charge is 0.315 e. The Morgan fingerprint density at radius 3 is 2.86 bits per heavy atom. The van der Waals surface area contributed by atoms with Crippen molar-refractivity contribution in [2.24, 2.45) is 0 Å². The van der Waals surface area contributed by atoms with Crippen molar-refractivity contribution in [2.75, 3.05) is 0 Å². The van der Waals surface area contributed by atoms with Crippen LogP contribution < -0.4 is 0 Å². The molecule has 72 valence electrons. The van der Waals surface area contributed by atoms with E-state index in [0.29, 0.717) is 10.0 Å². The zero-order valence-corrected chi connectivity index (χ0v) is 8.64. The van der Waals surface area contributed by atoms with Crippen molar-refractivity contribution >= 4 is 21.9 Å². The molecule has 0 aromatic heterocycles. The summed E-state index contributed by atoms with van der Waals surface area (Å²) < 4.78 is 13.3. The Hall–Kier alpha value is -1.34. The normalized spacial score (nSPS) is 9.00. The lowest BCUT2D eigenvalue weighted by molar-refractivity contribution is -0.135. The monoisotopic (exact) mass is 256 g/mol. The maximum atomic E-state index is 12.9. The van der Waals surface area contributed by atoms with E-state index in [1.165, 1.54) is 12.1 Å². The van der Waals surface area contributed by atoms with E-state index < -0.39 is 11.8 Å². The van der Waals surface area contributed by atoms with Gasteiger partial charge in [0.05, 0.1) is 4.47 Å². The molecule has 0 spiro atoms. The zero-order valence-electron chi connectivity index (χ0n) is 7.05. The number of halogens is 2. The fraction of sp³-hybridized carbons (Fsp3) is 0.100. The maximum Gasteiger partial charge on any atom is 0.315 e. The molecule has 1 N–H and O–H groups in total. The molecule has 0 heterocycles. The summed E-state index contributed by atoms with van der Waals surface area (Å²) in [5.41, 5.74) is 0.465. The van der Waals surface area contributed by atoms with Gasteiger partial charge in [-0.1, -0.05) is 11.8 Å². The second-order valence-electron chi connectivity index (χ2n) is 2.50. The molecule has 0 aliphatic heterocycles. The van der Waals surface area contributed by atoms with Crippen molar-refractivity contribution < 1.29 is 14.3 Å². The first-order valence-corrected chi connectivity index (χ1v) is 4.54. The first kappa shape index (κ1) is 10.7. The molecule has 0 saturated heterocycles. The number of aliphatic carboxylic acids is 1. The van der Waals surface area contributed by atoms with Crippen LogP contribution in [0.5, 0.6) is 0 Å². The summed E-state index contributed by atoms with van der Waals surface area (Å²) >= 11 is 3.00. The van der Waals surface area contributed by atoms with Gasteiger partial charge in [-0.3, -0.25) is 4.79 Å². The standard InChI is InChI=1S/C10H6BrFO2/c11-8-5-4-7(6-9(8)12)2-1-3-10(13)14/h4-6H,3H2,(H,13,14). The Morgan fingerprint density at radius 2 is 2.29 bits per heavy atom. The molecule has 1 aromatic carbocycles. The summed E-state index contributed by atoms with van der Waals surface area (Å²) in [5.74, 6) is 3.57. The first-order chi connectivity index (χ1) is 6.59. The van der Waals surface area contributed by atoms with E-state index in [-0.39, 0.29) is 6.42 Å². The van der Waals surface area contributed by atoms with Gasteiger partial charge < -0.3 is 5.11 Å². The highest BCUT2D eigenvalue weighted by molar-refractivity contribution is 9.10. The lowest BCUT2D eigenvalue weighted by Gasteiger charge is -1.93. The van der Waals surface area contributed by atoms with Crippen molar-refractivity contribution in [3.8, 4) is 11.8 Å². The molecule has 0 fully saturated rings. The van der Waals surface area contributed by atoms with Crippen molar-refractivity contribution in [2.45, 2.75) is 6.42 Å². The zero-order chi connectivity index (χ0) is 10.6. The van der Waals surface area contributed by atoms with Gasteiger partial charge >= 0.3 is 5.97 Å². The fourth-order valence-electron chi connectivity index (χ4n) is 0.796. The number of hydrogen-bond donors (Lipinski definition) is 1. The molecular formula is C10H6BrFO2. The van der Waals surface area contributed by atoms with E-state index in [4.69, 9.17) is 5.11 Å². The van der Waals surface area contributed by atoms with E-state index in [2.05, 4.69) is 27.8 Å². The van der Waals surface area contributed by atoms with Gasteiger partial charge in [0.25, 0.3) is 0 Å². The van der Waals surface area contributed by atoms with Crippen LogP contribution in [0.4, 0.5) is 4.39 Å². The molecule has 4 heteroatoms. The van der Waals surface area contributed by atoms with Gasteiger partial charge in [-0.25, -0.2) is 4.39 Å². The van der Waals surface area contributed by atoms with Gasteiger partial charge in [-0.2, -0.15) is 0 Å². The average molecular weight is 257 g/mol. The van der Waals surface area contributed by atoms with Crippen LogP contribution in [0.1, 0.15) is 12.0 Å². The average Bonchev–Trinajstić information content (AvgIpc) is 2.10. The van der Waals surface area contributed by atoms with Crippen molar-refractivity contribution in [1.29, 1.82) is 0 Å². The van der Waals surface area contributed by atoms with Gasteiger partial charge in [-0.15, -0.1) is 0 Å². The van der Waals surface area contributed by atoms with Crippen LogP contribution in [-0.4, -0.2) is 11.1 Å². The second kappa shape index (κ2) is 4.77. The van der Waals surface area contributed by atoms with E-state index in [0.717, 1.165) is 0 Å². The molecule has 0 radical (unpaired) electrons. The summed E-state index contributed by atoms with van der Waals surface area (Å²) in [6.07, 6.45) is -0.238. The molecule has 0 aliphatic rings. The molecule has 1 aromatic rings. The number of carboxylic acid groups (broad SMARTS) is 1. The molecule has 0 aliphatic carbocycles. The predicted molar refractivity (Wildman–Crippen MR) is 53.2 cm³/mol. The van der Waals surface area contributed by atoms with Crippen molar-refractivity contribution in [3.63, 3.8) is 0 Å². The molecule has 0 bridgehead atoms. The highest BCUT2D eigenvalue weighted by atomic mass is 79.9. The minimum absolute atomic E-state index is 0.238. The third kappa shape index (κ3) is 3.19. The van der Waals surface area contributed by atoms with Gasteiger partial charge in [0.15, 0.2) is 0 Å². The SMILES string of the molecule is O=C(O)CC#Cc1ccc(Br)c(F)c1. The van der Waals surface area contributed by atoms with Gasteiger partial charge in [0.2, 0.25) is 0 Å². The Balaban J connectivity index is 2.81. The Labute approximate surface area is 88.9 Å². The third-order valence-corrected chi connectivity index (χ3v) is 2.04.